The van der Waals surface area contributed by atoms with Crippen molar-refractivity contribution in [3.63, 3.8) is 0 Å². The summed E-state index contributed by atoms with van der Waals surface area (Å²) in [5.74, 6) is 1.32. The monoisotopic (exact) mass is 255 g/mol. The van der Waals surface area contributed by atoms with E-state index in [0.717, 1.165) is 36.3 Å². The lowest BCUT2D eigenvalue weighted by molar-refractivity contribution is 0.150. The Bertz CT molecular complexity index is 581. The molecule has 1 atom stereocenters. The molecular weight excluding hydrogens is 238 g/mol. The lowest BCUT2D eigenvalue weighted by Crippen LogP contribution is -2.13. The van der Waals surface area contributed by atoms with Crippen molar-refractivity contribution in [2.75, 3.05) is 0 Å². The van der Waals surface area contributed by atoms with E-state index in [9.17, 15) is 5.11 Å². The van der Waals surface area contributed by atoms with Gasteiger partial charge in [-0.25, -0.2) is 4.98 Å². The van der Waals surface area contributed by atoms with Crippen LogP contribution >= 0.6 is 0 Å². The first kappa shape index (κ1) is 12.2. The van der Waals surface area contributed by atoms with Crippen LogP contribution < -0.4 is 4.74 Å². The number of aliphatic hydroxyl groups is 1. The van der Waals surface area contributed by atoms with Crippen LogP contribution in [0.4, 0.5) is 0 Å². The molecule has 1 aliphatic carbocycles. The van der Waals surface area contributed by atoms with Crippen molar-refractivity contribution in [1.82, 2.24) is 4.98 Å². The quantitative estimate of drug-likeness (QED) is 0.892. The Hall–Kier alpha value is -1.87. The lowest BCUT2D eigenvalue weighted by Gasteiger charge is -2.22. The van der Waals surface area contributed by atoms with Crippen LogP contribution in [0.15, 0.2) is 36.4 Å². The molecule has 0 saturated heterocycles. The Kier molecular flexibility index (Phi) is 3.22. The van der Waals surface area contributed by atoms with Gasteiger partial charge in [0, 0.05) is 6.07 Å². The molecule has 1 aliphatic rings. The molecule has 0 fully saturated rings. The normalized spacial score (nSPS) is 17.9. The van der Waals surface area contributed by atoms with Gasteiger partial charge in [-0.2, -0.15) is 0 Å². The van der Waals surface area contributed by atoms with E-state index < -0.39 is 6.10 Å². The molecule has 3 heteroatoms. The number of ether oxygens (including phenoxy) is 1. The average molecular weight is 255 g/mol. The first-order chi connectivity index (χ1) is 9.24. The second-order valence-corrected chi connectivity index (χ2v) is 4.96. The largest absolute Gasteiger partial charge is 0.439 e. The third-order valence-electron chi connectivity index (χ3n) is 3.54. The Morgan fingerprint density at radius 2 is 2.05 bits per heavy atom. The average Bonchev–Trinajstić information content (AvgIpc) is 2.41. The fourth-order valence-electron chi connectivity index (χ4n) is 2.56. The summed E-state index contributed by atoms with van der Waals surface area (Å²) in [5.41, 5.74) is 3.12. The van der Waals surface area contributed by atoms with Crippen molar-refractivity contribution in [3.8, 4) is 11.6 Å². The SMILES string of the molecule is Cc1cc(Oc2ccccc2)nc2c1CCCC2O. The van der Waals surface area contributed by atoms with Gasteiger partial charge in [0.25, 0.3) is 0 Å². The molecule has 0 amide bonds. The molecule has 1 aromatic carbocycles. The predicted octanol–water partition coefficient (Wildman–Crippen LogP) is 3.55. The van der Waals surface area contributed by atoms with E-state index in [1.54, 1.807) is 0 Å². The number of rotatable bonds is 2. The minimum atomic E-state index is -0.457. The molecule has 1 heterocycles. The first-order valence-corrected chi connectivity index (χ1v) is 6.65. The highest BCUT2D eigenvalue weighted by molar-refractivity contribution is 5.38. The Balaban J connectivity index is 1.95. The van der Waals surface area contributed by atoms with Gasteiger partial charge < -0.3 is 9.84 Å². The summed E-state index contributed by atoms with van der Waals surface area (Å²) in [6, 6.07) is 11.5. The standard InChI is InChI=1S/C16H17NO2/c1-11-10-15(19-12-6-3-2-4-7-12)17-16-13(11)8-5-9-14(16)18/h2-4,6-7,10,14,18H,5,8-9H2,1H3. The van der Waals surface area contributed by atoms with Gasteiger partial charge in [-0.3, -0.25) is 0 Å². The number of aryl methyl sites for hydroxylation is 1. The molecule has 0 bridgehead atoms. The van der Waals surface area contributed by atoms with Gasteiger partial charge in [-0.1, -0.05) is 18.2 Å². The van der Waals surface area contributed by atoms with Gasteiger partial charge in [0.05, 0.1) is 11.8 Å². The zero-order chi connectivity index (χ0) is 13.2. The van der Waals surface area contributed by atoms with E-state index in [4.69, 9.17) is 4.74 Å². The van der Waals surface area contributed by atoms with E-state index in [1.165, 1.54) is 5.56 Å². The Labute approximate surface area is 112 Å². The van der Waals surface area contributed by atoms with Crippen molar-refractivity contribution >= 4 is 0 Å². The molecule has 19 heavy (non-hydrogen) atoms. The number of pyridine rings is 1. The van der Waals surface area contributed by atoms with Crippen LogP contribution in [0.1, 0.15) is 35.8 Å². The molecule has 3 nitrogen and oxygen atoms in total. The Morgan fingerprint density at radius 3 is 2.84 bits per heavy atom. The number of fused-ring (bicyclic) bond motifs is 1. The third-order valence-corrected chi connectivity index (χ3v) is 3.54. The van der Waals surface area contributed by atoms with Crippen LogP contribution in [0.5, 0.6) is 11.6 Å². The third kappa shape index (κ3) is 2.47. The summed E-state index contributed by atoms with van der Waals surface area (Å²) in [6.45, 7) is 2.05. The second-order valence-electron chi connectivity index (χ2n) is 4.96. The zero-order valence-electron chi connectivity index (χ0n) is 11.0. The van der Waals surface area contributed by atoms with Gasteiger partial charge in [0.15, 0.2) is 0 Å². The summed E-state index contributed by atoms with van der Waals surface area (Å²) in [6.07, 6.45) is 2.35. The molecule has 2 aromatic rings. The maximum Gasteiger partial charge on any atom is 0.219 e. The van der Waals surface area contributed by atoms with Crippen molar-refractivity contribution in [3.05, 3.63) is 53.2 Å². The maximum atomic E-state index is 10.1. The van der Waals surface area contributed by atoms with Crippen LogP contribution in [0.3, 0.4) is 0 Å². The lowest BCUT2D eigenvalue weighted by atomic mass is 9.91. The highest BCUT2D eigenvalue weighted by Crippen LogP contribution is 2.33. The van der Waals surface area contributed by atoms with Crippen LogP contribution in [0.2, 0.25) is 0 Å². The smallest absolute Gasteiger partial charge is 0.219 e. The van der Waals surface area contributed by atoms with E-state index in [2.05, 4.69) is 11.9 Å². The van der Waals surface area contributed by atoms with Gasteiger partial charge >= 0.3 is 0 Å². The zero-order valence-corrected chi connectivity index (χ0v) is 11.0. The number of para-hydroxylation sites is 1. The minimum absolute atomic E-state index is 0.457. The number of aromatic nitrogens is 1. The number of hydrogen-bond acceptors (Lipinski definition) is 3. The topological polar surface area (TPSA) is 42.4 Å². The van der Waals surface area contributed by atoms with Crippen LogP contribution in [-0.4, -0.2) is 10.1 Å². The summed E-state index contributed by atoms with van der Waals surface area (Å²) >= 11 is 0. The number of aliphatic hydroxyl groups excluding tert-OH is 1. The van der Waals surface area contributed by atoms with Crippen LogP contribution in [0.25, 0.3) is 0 Å². The molecule has 1 aromatic heterocycles. The van der Waals surface area contributed by atoms with Gasteiger partial charge in [0.2, 0.25) is 5.88 Å². The molecule has 98 valence electrons. The van der Waals surface area contributed by atoms with Gasteiger partial charge in [-0.15, -0.1) is 0 Å². The van der Waals surface area contributed by atoms with Gasteiger partial charge in [-0.05, 0) is 49.4 Å². The van der Waals surface area contributed by atoms with Crippen molar-refractivity contribution in [1.29, 1.82) is 0 Å². The number of nitrogens with zero attached hydrogens (tertiary/aromatic N) is 1. The predicted molar refractivity (Wildman–Crippen MR) is 73.4 cm³/mol. The second kappa shape index (κ2) is 5.02. The van der Waals surface area contributed by atoms with E-state index in [0.29, 0.717) is 5.88 Å². The first-order valence-electron chi connectivity index (χ1n) is 6.65. The van der Waals surface area contributed by atoms with E-state index >= 15 is 0 Å². The maximum absolute atomic E-state index is 10.1. The molecule has 0 aliphatic heterocycles. The fraction of sp³-hybridized carbons (Fsp3) is 0.312. The van der Waals surface area contributed by atoms with Crippen molar-refractivity contribution < 1.29 is 9.84 Å². The van der Waals surface area contributed by atoms with E-state index in [-0.39, 0.29) is 0 Å². The van der Waals surface area contributed by atoms with Crippen LogP contribution in [-0.2, 0) is 6.42 Å². The fourth-order valence-corrected chi connectivity index (χ4v) is 2.56. The Morgan fingerprint density at radius 1 is 1.26 bits per heavy atom. The number of hydrogen-bond donors (Lipinski definition) is 1. The number of benzene rings is 1. The van der Waals surface area contributed by atoms with Gasteiger partial charge in [0.1, 0.15) is 5.75 Å². The van der Waals surface area contributed by atoms with Crippen LogP contribution in [0, 0.1) is 6.92 Å². The highest BCUT2D eigenvalue weighted by atomic mass is 16.5. The molecule has 0 saturated carbocycles. The summed E-state index contributed by atoms with van der Waals surface area (Å²) in [4.78, 5) is 4.48. The molecule has 0 spiro atoms. The molecule has 1 N–H and O–H groups in total. The minimum Gasteiger partial charge on any atom is -0.439 e. The highest BCUT2D eigenvalue weighted by Gasteiger charge is 2.22. The summed E-state index contributed by atoms with van der Waals surface area (Å²) < 4.78 is 5.75. The van der Waals surface area contributed by atoms with Crippen molar-refractivity contribution in [2.45, 2.75) is 32.3 Å². The molecule has 1 unspecified atom stereocenters. The molecular formula is C16H17NO2. The molecule has 0 radical (unpaired) electrons. The summed E-state index contributed by atoms with van der Waals surface area (Å²) in [7, 11) is 0. The molecule has 3 rings (SSSR count). The van der Waals surface area contributed by atoms with E-state index in [1.807, 2.05) is 36.4 Å². The summed E-state index contributed by atoms with van der Waals surface area (Å²) in [5, 5.41) is 10.1. The van der Waals surface area contributed by atoms with Crippen molar-refractivity contribution in [2.24, 2.45) is 0 Å².